The second-order valence-electron chi connectivity index (χ2n) is 28.8. The number of nitrogens with zero attached hydrogens (tertiary/aromatic N) is 9. The van der Waals surface area contributed by atoms with Gasteiger partial charge in [0.25, 0.3) is 0 Å². The lowest BCUT2D eigenvalue weighted by atomic mass is 9.74. The number of carbonyl (C=O) groups is 12. The number of benzene rings is 2. The van der Waals surface area contributed by atoms with E-state index in [0.29, 0.717) is 25.0 Å². The van der Waals surface area contributed by atoms with Gasteiger partial charge >= 0.3 is 12.4 Å². The molecule has 2 bridgehead atoms. The molecule has 34 heteroatoms. The van der Waals surface area contributed by atoms with Crippen molar-refractivity contribution in [1.82, 2.24) is 60.0 Å². The third-order valence-electron chi connectivity index (χ3n) is 21.6. The van der Waals surface area contributed by atoms with Crippen LogP contribution in [0.15, 0.2) is 48.6 Å². The average molecular weight is 1550 g/mol. The topological polar surface area (TPSA) is 289 Å². The second-order valence-corrected chi connectivity index (χ2v) is 28.8. The molecule has 2 aromatic carbocycles. The molecule has 3 N–H and O–H groups in total. The van der Waals surface area contributed by atoms with Gasteiger partial charge in [0.1, 0.15) is 71.1 Å². The van der Waals surface area contributed by atoms with Gasteiger partial charge in [0, 0.05) is 95.5 Å². The highest BCUT2D eigenvalue weighted by Crippen LogP contribution is 2.38. The molecule has 6 rings (SSSR count). The molecule has 3 aliphatic heterocycles. The number of fused-ring (bicyclic) bond motifs is 3. The third kappa shape index (κ3) is 21.6. The van der Waals surface area contributed by atoms with Crippen LogP contribution >= 0.6 is 0 Å². The number of hydrogen-bond donors (Lipinski definition) is 3. The maximum Gasteiger partial charge on any atom is 0.422 e. The zero-order chi connectivity index (χ0) is 81.5. The Hall–Kier alpha value is -8.82. The molecule has 2 saturated heterocycles. The maximum absolute atomic E-state index is 15.6. The Bertz CT molecular complexity index is 3610. The van der Waals surface area contributed by atoms with Crippen molar-refractivity contribution in [3.63, 3.8) is 0 Å². The number of alkyl halides is 6. The Balaban J connectivity index is 1.52. The standard InChI is InChI=1S/C75H106F8N12O14/c1-15-44(6)62-70(105)89(9)43-60(98)91(11)54-24-21-20-22-33-94(69(54)104)57(38-45-25-28-48(29-26-45)74(78,79)80)68(103)88(8)42-58(96)84-52(30-27-46-36-50(76)61(51(77)37-46)75(81,82)83)66(101)95-41-49(109-19-5)39-55(95)65(100)86-73(31-23-32-73)72(107)93(13)63(47(16-2)17-3)71(106)92(12)56(67(102)87(7)34-35-108-14)40-59(97)90(10)53(18-4)64(99)85-62/h20-21,25-26,28-29,36-37,44,47,49,52-57,62-63H,15-19,22-24,27,30-35,38-43H2,1-14H3,(H,84,96)(H,85,99)(H,86,100)/b21-20-/t44-,49+,52-,53-,54-,55-,56-,57-,62-,63-/m0/s1. The normalized spacial score (nSPS) is 25.1. The van der Waals surface area contributed by atoms with Gasteiger partial charge < -0.3 is 69.5 Å². The van der Waals surface area contributed by atoms with E-state index in [0.717, 1.165) is 65.6 Å². The fourth-order valence-electron chi connectivity index (χ4n) is 14.5. The van der Waals surface area contributed by atoms with Crippen LogP contribution in [0.5, 0.6) is 0 Å². The van der Waals surface area contributed by atoms with Gasteiger partial charge in [-0.3, -0.25) is 57.5 Å². The molecular weight excluding hydrogens is 1440 g/mol. The van der Waals surface area contributed by atoms with Gasteiger partial charge in [0.15, 0.2) is 0 Å². The predicted octanol–water partition coefficient (Wildman–Crippen LogP) is 5.37. The zero-order valence-electron chi connectivity index (χ0n) is 64.6. The largest absolute Gasteiger partial charge is 0.422 e. The zero-order valence-corrected chi connectivity index (χ0v) is 64.6. The Kier molecular flexibility index (Phi) is 31.6. The molecule has 4 aliphatic rings. The number of halogens is 8. The lowest BCUT2D eigenvalue weighted by Crippen LogP contribution is -2.68. The summed E-state index contributed by atoms with van der Waals surface area (Å²) in [4.78, 5) is 190. The number of amides is 12. The maximum atomic E-state index is 15.6. The summed E-state index contributed by atoms with van der Waals surface area (Å²) < 4.78 is 125. The molecule has 26 nitrogen and oxygen atoms in total. The predicted molar refractivity (Wildman–Crippen MR) is 382 cm³/mol. The molecule has 0 unspecified atom stereocenters. The number of hydrogen-bond acceptors (Lipinski definition) is 14. The van der Waals surface area contributed by atoms with E-state index < -0.39 is 222 Å². The first-order valence-electron chi connectivity index (χ1n) is 37.0. The van der Waals surface area contributed by atoms with Crippen molar-refractivity contribution in [3.05, 3.63) is 82.4 Å². The lowest BCUT2D eigenvalue weighted by Gasteiger charge is -2.47. The summed E-state index contributed by atoms with van der Waals surface area (Å²) in [7, 11) is 10.5. The third-order valence-corrected chi connectivity index (χ3v) is 21.6. The van der Waals surface area contributed by atoms with Gasteiger partial charge in [-0.05, 0) is 106 Å². The van der Waals surface area contributed by atoms with Crippen molar-refractivity contribution in [1.29, 1.82) is 0 Å². The number of nitrogens with one attached hydrogen (secondary N) is 3. The van der Waals surface area contributed by atoms with Crippen LogP contribution in [0.2, 0.25) is 0 Å². The average Bonchev–Trinajstić information content (AvgIpc) is 1.58. The Morgan fingerprint density at radius 2 is 1.30 bits per heavy atom. The van der Waals surface area contributed by atoms with E-state index in [9.17, 15) is 55.1 Å². The number of methoxy groups -OCH3 is 1. The van der Waals surface area contributed by atoms with E-state index in [1.807, 2.05) is 0 Å². The fraction of sp³-hybridized carbons (Fsp3) is 0.653. The molecule has 1 spiro atoms. The summed E-state index contributed by atoms with van der Waals surface area (Å²) in [5.74, 6) is -15.6. The van der Waals surface area contributed by atoms with E-state index in [1.54, 1.807) is 53.7 Å². The quantitative estimate of drug-likeness (QED) is 0.133. The molecule has 606 valence electrons. The molecular formula is C75H106F8N12O14. The molecule has 10 atom stereocenters. The van der Waals surface area contributed by atoms with Crippen molar-refractivity contribution >= 4 is 70.9 Å². The van der Waals surface area contributed by atoms with E-state index in [2.05, 4.69) is 16.0 Å². The Morgan fingerprint density at radius 3 is 1.85 bits per heavy atom. The molecule has 2 aromatic rings. The molecule has 0 radical (unpaired) electrons. The van der Waals surface area contributed by atoms with Crippen molar-refractivity contribution < 1.29 is 102 Å². The van der Waals surface area contributed by atoms with Gasteiger partial charge in [-0.2, -0.15) is 26.3 Å². The summed E-state index contributed by atoms with van der Waals surface area (Å²) in [5.41, 5.74) is -5.30. The van der Waals surface area contributed by atoms with Crippen molar-refractivity contribution in [2.75, 3.05) is 102 Å². The number of aryl methyl sites for hydroxylation is 1. The smallest absolute Gasteiger partial charge is 0.383 e. The van der Waals surface area contributed by atoms with Crippen LogP contribution in [0.25, 0.3) is 0 Å². The number of rotatable bonds is 17. The molecule has 3 heterocycles. The van der Waals surface area contributed by atoms with Crippen LogP contribution in [-0.4, -0.2) is 277 Å². The SMILES string of the molecule is CCO[C@@H]1C[C@H]2C(=O)NC3(CCC3)C(=O)N(C)[C@@H](C(CC)CC)C(=O)N(C)[C@H](C(=O)N(C)CCOC)CC(=O)N(C)[C@@H](CC)C(=O)N[C@@H]([C@@H](C)CC)C(=O)N(C)CC(=O)N(C)[C@H]3C/C=C\CCN(C3=O)[C@@H](Cc3ccc(C(F)(F)F)cc3)C(=O)N(C)CC(=O)N[C@@H](CCc3cc(F)c(C(F)(F)F)c(F)c3)C(=O)N2C1. The minimum absolute atomic E-state index is 0.00237. The summed E-state index contributed by atoms with van der Waals surface area (Å²) in [5, 5.41) is 8.19. The lowest BCUT2D eigenvalue weighted by molar-refractivity contribution is -0.158. The second kappa shape index (κ2) is 38.7. The van der Waals surface area contributed by atoms with Crippen LogP contribution in [0.4, 0.5) is 35.1 Å². The Labute approximate surface area is 631 Å². The van der Waals surface area contributed by atoms with E-state index in [4.69, 9.17) is 9.47 Å². The minimum Gasteiger partial charge on any atom is -0.383 e. The first kappa shape index (κ1) is 89.1. The van der Waals surface area contributed by atoms with Crippen LogP contribution in [0.3, 0.4) is 0 Å². The first-order chi connectivity index (χ1) is 51.2. The molecule has 109 heavy (non-hydrogen) atoms. The van der Waals surface area contributed by atoms with Crippen LogP contribution < -0.4 is 16.0 Å². The number of ether oxygens (including phenoxy) is 2. The van der Waals surface area contributed by atoms with Gasteiger partial charge in [-0.1, -0.05) is 78.2 Å². The van der Waals surface area contributed by atoms with Gasteiger partial charge in [0.2, 0.25) is 70.9 Å². The van der Waals surface area contributed by atoms with Crippen LogP contribution in [0.1, 0.15) is 141 Å². The highest BCUT2D eigenvalue weighted by molar-refractivity contribution is 6.01. The van der Waals surface area contributed by atoms with Crippen molar-refractivity contribution in [3.8, 4) is 0 Å². The summed E-state index contributed by atoms with van der Waals surface area (Å²) in [6.07, 6.45) is -9.40. The molecule has 1 saturated carbocycles. The van der Waals surface area contributed by atoms with Crippen LogP contribution in [0, 0.1) is 23.5 Å². The molecule has 1 aliphatic carbocycles. The minimum atomic E-state index is -5.47. The van der Waals surface area contributed by atoms with Gasteiger partial charge in [0.05, 0.1) is 37.8 Å². The van der Waals surface area contributed by atoms with Gasteiger partial charge in [-0.15, -0.1) is 0 Å². The van der Waals surface area contributed by atoms with Crippen molar-refractivity contribution in [2.45, 2.75) is 204 Å². The summed E-state index contributed by atoms with van der Waals surface area (Å²) in [6, 6.07) is -7.57. The van der Waals surface area contributed by atoms with Crippen LogP contribution in [-0.2, 0) is 92.2 Å². The number of carbonyl (C=O) groups excluding carboxylic acids is 12. The highest BCUT2D eigenvalue weighted by atomic mass is 19.4. The summed E-state index contributed by atoms with van der Waals surface area (Å²) in [6.45, 7) is 8.04. The van der Waals surface area contributed by atoms with E-state index in [-0.39, 0.29) is 89.8 Å². The van der Waals surface area contributed by atoms with E-state index >= 15 is 37.5 Å². The van der Waals surface area contributed by atoms with Crippen molar-refractivity contribution in [2.24, 2.45) is 11.8 Å². The molecule has 0 aromatic heterocycles. The monoisotopic (exact) mass is 1550 g/mol. The highest BCUT2D eigenvalue weighted by Gasteiger charge is 2.54. The first-order valence-corrected chi connectivity index (χ1v) is 37.0. The molecule has 12 amide bonds. The fourth-order valence-corrected chi connectivity index (χ4v) is 14.5. The van der Waals surface area contributed by atoms with E-state index in [1.165, 1.54) is 59.2 Å². The summed E-state index contributed by atoms with van der Waals surface area (Å²) >= 11 is 0. The van der Waals surface area contributed by atoms with Gasteiger partial charge in [-0.25, -0.2) is 8.78 Å². The Morgan fingerprint density at radius 1 is 0.679 bits per heavy atom. The molecule has 3 fully saturated rings. The number of likely N-dealkylation sites (N-methyl/N-ethyl adjacent to an activating group) is 7.